The summed E-state index contributed by atoms with van der Waals surface area (Å²) in [6.07, 6.45) is 2.54. The molecule has 5 nitrogen and oxygen atoms in total. The van der Waals surface area contributed by atoms with E-state index in [-0.39, 0.29) is 11.3 Å². The molecule has 0 radical (unpaired) electrons. The molecule has 3 rings (SSSR count). The smallest absolute Gasteiger partial charge is 0.222 e. The Kier molecular flexibility index (Phi) is 7.58. The van der Waals surface area contributed by atoms with E-state index in [9.17, 15) is 4.79 Å². The number of hydrogen-bond acceptors (Lipinski definition) is 4. The standard InChI is InChI=1S/C27H40N4O/c1-19-9-8-10-23(15-19)17-24-21(3)28-22(4)29-26(24)31-13-11-30(12-14-31)25(32)16-20(2)18-27(5,6)7/h8-10,15,20H,11-14,16-18H2,1-7H3/t20-/m0/s1. The fourth-order valence-electron chi connectivity index (χ4n) is 4.92. The Balaban J connectivity index is 1.69. The Bertz CT molecular complexity index is 939. The molecule has 1 aromatic carbocycles. The maximum Gasteiger partial charge on any atom is 0.222 e. The first kappa shape index (κ1) is 24.2. The maximum absolute atomic E-state index is 12.9. The van der Waals surface area contributed by atoms with Gasteiger partial charge in [-0.2, -0.15) is 0 Å². The van der Waals surface area contributed by atoms with Gasteiger partial charge in [-0.1, -0.05) is 57.5 Å². The monoisotopic (exact) mass is 436 g/mol. The first-order chi connectivity index (χ1) is 15.0. The molecule has 2 aromatic rings. The predicted molar refractivity (Wildman–Crippen MR) is 132 cm³/mol. The maximum atomic E-state index is 12.9. The highest BCUT2D eigenvalue weighted by Crippen LogP contribution is 2.28. The number of carbonyl (C=O) groups is 1. The number of aromatic nitrogens is 2. The summed E-state index contributed by atoms with van der Waals surface area (Å²) in [5.74, 6) is 2.54. The molecule has 0 aliphatic carbocycles. The van der Waals surface area contributed by atoms with Crippen molar-refractivity contribution in [2.24, 2.45) is 11.3 Å². The average Bonchev–Trinajstić information content (AvgIpc) is 2.68. The summed E-state index contributed by atoms with van der Waals surface area (Å²) >= 11 is 0. The van der Waals surface area contributed by atoms with E-state index in [2.05, 4.69) is 75.7 Å². The lowest BCUT2D eigenvalue weighted by Gasteiger charge is -2.37. The Morgan fingerprint density at radius 2 is 1.75 bits per heavy atom. The largest absolute Gasteiger partial charge is 0.353 e. The molecule has 2 heterocycles. The van der Waals surface area contributed by atoms with Gasteiger partial charge in [0.1, 0.15) is 11.6 Å². The molecule has 0 spiro atoms. The van der Waals surface area contributed by atoms with E-state index >= 15 is 0 Å². The van der Waals surface area contributed by atoms with E-state index in [1.165, 1.54) is 16.7 Å². The minimum Gasteiger partial charge on any atom is -0.353 e. The molecule has 1 aliphatic heterocycles. The second-order valence-corrected chi connectivity index (χ2v) is 10.8. The second kappa shape index (κ2) is 10.0. The molecule has 1 aromatic heterocycles. The zero-order valence-electron chi connectivity index (χ0n) is 21.0. The predicted octanol–water partition coefficient (Wildman–Crippen LogP) is 5.10. The number of nitrogens with zero attached hydrogens (tertiary/aromatic N) is 4. The topological polar surface area (TPSA) is 49.3 Å². The molecule has 0 unspecified atom stereocenters. The van der Waals surface area contributed by atoms with Crippen LogP contribution in [0, 0.1) is 32.1 Å². The Hall–Kier alpha value is -2.43. The first-order valence-electron chi connectivity index (χ1n) is 11.9. The van der Waals surface area contributed by atoms with E-state index in [0.717, 1.165) is 56.4 Å². The van der Waals surface area contributed by atoms with Crippen molar-refractivity contribution < 1.29 is 4.79 Å². The summed E-state index contributed by atoms with van der Waals surface area (Å²) in [6, 6.07) is 8.64. The van der Waals surface area contributed by atoms with Crippen molar-refractivity contribution in [1.29, 1.82) is 0 Å². The molecule has 0 saturated carbocycles. The molecule has 1 saturated heterocycles. The lowest BCUT2D eigenvalue weighted by Crippen LogP contribution is -2.49. The van der Waals surface area contributed by atoms with Crippen molar-refractivity contribution in [3.63, 3.8) is 0 Å². The summed E-state index contributed by atoms with van der Waals surface area (Å²) in [5, 5.41) is 0. The van der Waals surface area contributed by atoms with Crippen LogP contribution in [0.25, 0.3) is 0 Å². The third kappa shape index (κ3) is 6.54. The molecule has 5 heteroatoms. The Morgan fingerprint density at radius 1 is 1.06 bits per heavy atom. The molecular weight excluding hydrogens is 396 g/mol. The van der Waals surface area contributed by atoms with Crippen molar-refractivity contribution in [2.45, 2.75) is 67.7 Å². The SMILES string of the molecule is Cc1cccc(Cc2c(C)nc(C)nc2N2CCN(C(=O)C[C@H](C)CC(C)(C)C)CC2)c1. The number of benzene rings is 1. The van der Waals surface area contributed by atoms with Gasteiger partial charge in [-0.25, -0.2) is 9.97 Å². The van der Waals surface area contributed by atoms with Crippen LogP contribution >= 0.6 is 0 Å². The highest BCUT2D eigenvalue weighted by molar-refractivity contribution is 5.76. The van der Waals surface area contributed by atoms with Crippen molar-refractivity contribution in [2.75, 3.05) is 31.1 Å². The highest BCUT2D eigenvalue weighted by atomic mass is 16.2. The molecular formula is C27H40N4O. The van der Waals surface area contributed by atoms with Crippen LogP contribution in [0.3, 0.4) is 0 Å². The van der Waals surface area contributed by atoms with Gasteiger partial charge >= 0.3 is 0 Å². The number of hydrogen-bond donors (Lipinski definition) is 0. The zero-order chi connectivity index (χ0) is 23.5. The minimum atomic E-state index is 0.259. The van der Waals surface area contributed by atoms with Gasteiger partial charge in [0, 0.05) is 50.3 Å². The second-order valence-electron chi connectivity index (χ2n) is 10.8. The van der Waals surface area contributed by atoms with E-state index in [4.69, 9.17) is 4.98 Å². The summed E-state index contributed by atoms with van der Waals surface area (Å²) in [5.41, 5.74) is 5.05. The van der Waals surface area contributed by atoms with Crippen LogP contribution in [0.2, 0.25) is 0 Å². The van der Waals surface area contributed by atoms with Gasteiger partial charge in [0.2, 0.25) is 5.91 Å². The quantitative estimate of drug-likeness (QED) is 0.632. The minimum absolute atomic E-state index is 0.259. The van der Waals surface area contributed by atoms with Gasteiger partial charge in [-0.3, -0.25) is 4.79 Å². The van der Waals surface area contributed by atoms with Crippen LogP contribution in [0.5, 0.6) is 0 Å². The van der Waals surface area contributed by atoms with E-state index in [1.807, 2.05) is 11.8 Å². The molecule has 32 heavy (non-hydrogen) atoms. The highest BCUT2D eigenvalue weighted by Gasteiger charge is 2.26. The number of piperazine rings is 1. The molecule has 174 valence electrons. The summed E-state index contributed by atoms with van der Waals surface area (Å²) in [4.78, 5) is 26.7. The number of carbonyl (C=O) groups excluding carboxylic acids is 1. The lowest BCUT2D eigenvalue weighted by molar-refractivity contribution is -0.132. The van der Waals surface area contributed by atoms with Crippen molar-refractivity contribution in [1.82, 2.24) is 14.9 Å². The zero-order valence-corrected chi connectivity index (χ0v) is 21.0. The fourth-order valence-corrected chi connectivity index (χ4v) is 4.92. The molecule has 0 bridgehead atoms. The fraction of sp³-hybridized carbons (Fsp3) is 0.593. The van der Waals surface area contributed by atoms with Crippen molar-refractivity contribution in [3.05, 3.63) is 52.5 Å². The van der Waals surface area contributed by atoms with Gasteiger partial charge in [0.15, 0.2) is 0 Å². The van der Waals surface area contributed by atoms with Gasteiger partial charge in [0.05, 0.1) is 0 Å². The molecule has 1 atom stereocenters. The third-order valence-corrected chi connectivity index (χ3v) is 6.18. The third-order valence-electron chi connectivity index (χ3n) is 6.18. The Labute approximate surface area is 194 Å². The van der Waals surface area contributed by atoms with Crippen molar-refractivity contribution in [3.8, 4) is 0 Å². The number of amides is 1. The summed E-state index contributed by atoms with van der Waals surface area (Å²) in [7, 11) is 0. The van der Waals surface area contributed by atoms with E-state index in [1.54, 1.807) is 0 Å². The van der Waals surface area contributed by atoms with E-state index in [0.29, 0.717) is 12.3 Å². The van der Waals surface area contributed by atoms with Gasteiger partial charge in [-0.15, -0.1) is 0 Å². The molecule has 1 fully saturated rings. The molecule has 0 N–H and O–H groups in total. The van der Waals surface area contributed by atoms with Crippen LogP contribution in [0.4, 0.5) is 5.82 Å². The first-order valence-corrected chi connectivity index (χ1v) is 11.9. The number of rotatable bonds is 6. The number of anilines is 1. The van der Waals surface area contributed by atoms with Crippen molar-refractivity contribution >= 4 is 11.7 Å². The van der Waals surface area contributed by atoms with Crippen LogP contribution < -0.4 is 4.90 Å². The summed E-state index contributed by atoms with van der Waals surface area (Å²) < 4.78 is 0. The van der Waals surface area contributed by atoms with Gasteiger partial charge in [0.25, 0.3) is 0 Å². The number of aryl methyl sites for hydroxylation is 3. The normalized spacial score (nSPS) is 15.7. The molecule has 1 aliphatic rings. The summed E-state index contributed by atoms with van der Waals surface area (Å²) in [6.45, 7) is 18.2. The van der Waals surface area contributed by atoms with E-state index < -0.39 is 0 Å². The molecule has 1 amide bonds. The van der Waals surface area contributed by atoms with Crippen LogP contribution in [0.1, 0.15) is 68.7 Å². The lowest BCUT2D eigenvalue weighted by atomic mass is 9.84. The average molecular weight is 437 g/mol. The van der Waals surface area contributed by atoms with Gasteiger partial charge < -0.3 is 9.80 Å². The van der Waals surface area contributed by atoms with Crippen LogP contribution in [0.15, 0.2) is 24.3 Å². The van der Waals surface area contributed by atoms with Crippen LogP contribution in [-0.4, -0.2) is 47.0 Å². The van der Waals surface area contributed by atoms with Gasteiger partial charge in [-0.05, 0) is 44.1 Å². The Morgan fingerprint density at radius 3 is 2.38 bits per heavy atom. The van der Waals surface area contributed by atoms with Crippen LogP contribution in [-0.2, 0) is 11.2 Å².